The second-order valence-electron chi connectivity index (χ2n) is 4.92. The third kappa shape index (κ3) is 2.94. The van der Waals surface area contributed by atoms with Crippen molar-refractivity contribution in [2.24, 2.45) is 5.92 Å². The Morgan fingerprint density at radius 2 is 1.76 bits per heavy atom. The molecular formula is C16H18O. The highest BCUT2D eigenvalue weighted by Gasteiger charge is 2.07. The quantitative estimate of drug-likeness (QED) is 0.703. The van der Waals surface area contributed by atoms with Gasteiger partial charge in [0, 0.05) is 12.0 Å². The Hall–Kier alpha value is -1.63. The Morgan fingerprint density at radius 3 is 2.47 bits per heavy atom. The minimum Gasteiger partial charge on any atom is -0.294 e. The van der Waals surface area contributed by atoms with E-state index in [2.05, 4.69) is 26.0 Å². The van der Waals surface area contributed by atoms with Crippen LogP contribution in [-0.4, -0.2) is 5.78 Å². The first kappa shape index (κ1) is 11.8. The predicted molar refractivity (Wildman–Crippen MR) is 72.4 cm³/mol. The molecule has 1 heteroatoms. The summed E-state index contributed by atoms with van der Waals surface area (Å²) in [5.41, 5.74) is 0.837. The summed E-state index contributed by atoms with van der Waals surface area (Å²) in [6.07, 6.45) is 1.61. The number of carbonyl (C=O) groups is 1. The lowest BCUT2D eigenvalue weighted by molar-refractivity contribution is 0.0975. The third-order valence-electron chi connectivity index (χ3n) is 3.02. The van der Waals surface area contributed by atoms with Gasteiger partial charge >= 0.3 is 0 Å². The van der Waals surface area contributed by atoms with E-state index in [1.807, 2.05) is 30.3 Å². The number of hydrogen-bond acceptors (Lipinski definition) is 1. The van der Waals surface area contributed by atoms with Crippen molar-refractivity contribution in [1.82, 2.24) is 0 Å². The zero-order valence-corrected chi connectivity index (χ0v) is 10.4. The molecule has 0 aliphatic rings. The zero-order valence-electron chi connectivity index (χ0n) is 10.4. The molecule has 0 bridgehead atoms. The Morgan fingerprint density at radius 1 is 1.06 bits per heavy atom. The summed E-state index contributed by atoms with van der Waals surface area (Å²) in [7, 11) is 0. The number of benzene rings is 2. The van der Waals surface area contributed by atoms with E-state index in [0.29, 0.717) is 12.3 Å². The number of carbonyl (C=O) groups excluding carboxylic acids is 1. The third-order valence-corrected chi connectivity index (χ3v) is 3.02. The van der Waals surface area contributed by atoms with Gasteiger partial charge in [0.2, 0.25) is 0 Å². The molecule has 17 heavy (non-hydrogen) atoms. The SMILES string of the molecule is CC(C)CCC(=O)c1ccc2ccccc2c1. The Kier molecular flexibility index (Phi) is 3.58. The van der Waals surface area contributed by atoms with Crippen molar-refractivity contribution in [3.05, 3.63) is 48.0 Å². The Labute approximate surface area is 102 Å². The van der Waals surface area contributed by atoms with Crippen LogP contribution < -0.4 is 0 Å². The van der Waals surface area contributed by atoms with Gasteiger partial charge in [-0.15, -0.1) is 0 Å². The lowest BCUT2D eigenvalue weighted by Crippen LogP contribution is -2.01. The minimum absolute atomic E-state index is 0.254. The van der Waals surface area contributed by atoms with Crippen molar-refractivity contribution < 1.29 is 4.79 Å². The molecule has 88 valence electrons. The average Bonchev–Trinajstić information content (AvgIpc) is 2.35. The first-order chi connectivity index (χ1) is 8.16. The van der Waals surface area contributed by atoms with Crippen LogP contribution >= 0.6 is 0 Å². The molecule has 0 fully saturated rings. The highest BCUT2D eigenvalue weighted by Crippen LogP contribution is 2.17. The van der Waals surface area contributed by atoms with Gasteiger partial charge in [-0.3, -0.25) is 4.79 Å². The molecule has 0 radical (unpaired) electrons. The molecule has 0 saturated heterocycles. The lowest BCUT2D eigenvalue weighted by Gasteiger charge is -2.05. The van der Waals surface area contributed by atoms with Gasteiger partial charge in [-0.1, -0.05) is 50.2 Å². The molecule has 2 aromatic rings. The maximum Gasteiger partial charge on any atom is 0.162 e. The molecule has 0 spiro atoms. The zero-order chi connectivity index (χ0) is 12.3. The van der Waals surface area contributed by atoms with Crippen molar-refractivity contribution >= 4 is 16.6 Å². The summed E-state index contributed by atoms with van der Waals surface area (Å²) in [6.45, 7) is 4.29. The van der Waals surface area contributed by atoms with Gasteiger partial charge in [0.15, 0.2) is 5.78 Å². The molecule has 0 aliphatic heterocycles. The van der Waals surface area contributed by atoms with Crippen LogP contribution in [0.3, 0.4) is 0 Å². The molecule has 0 amide bonds. The van der Waals surface area contributed by atoms with Gasteiger partial charge < -0.3 is 0 Å². The van der Waals surface area contributed by atoms with Crippen LogP contribution in [0, 0.1) is 5.92 Å². The maximum atomic E-state index is 12.0. The van der Waals surface area contributed by atoms with Gasteiger partial charge in [-0.05, 0) is 29.2 Å². The van der Waals surface area contributed by atoms with Gasteiger partial charge in [0.05, 0.1) is 0 Å². The molecule has 0 aromatic heterocycles. The van der Waals surface area contributed by atoms with E-state index < -0.39 is 0 Å². The molecule has 2 rings (SSSR count). The van der Waals surface area contributed by atoms with Crippen LogP contribution in [0.1, 0.15) is 37.0 Å². The van der Waals surface area contributed by atoms with E-state index in [1.54, 1.807) is 0 Å². The molecule has 0 heterocycles. The highest BCUT2D eigenvalue weighted by atomic mass is 16.1. The average molecular weight is 226 g/mol. The first-order valence-corrected chi connectivity index (χ1v) is 6.19. The summed E-state index contributed by atoms with van der Waals surface area (Å²) in [6, 6.07) is 14.1. The van der Waals surface area contributed by atoms with Crippen LogP contribution in [0.5, 0.6) is 0 Å². The predicted octanol–water partition coefficient (Wildman–Crippen LogP) is 4.46. The van der Waals surface area contributed by atoms with Gasteiger partial charge in [-0.25, -0.2) is 0 Å². The van der Waals surface area contributed by atoms with Crippen molar-refractivity contribution in [2.75, 3.05) is 0 Å². The number of hydrogen-bond donors (Lipinski definition) is 0. The summed E-state index contributed by atoms with van der Waals surface area (Å²) < 4.78 is 0. The normalized spacial score (nSPS) is 11.0. The largest absolute Gasteiger partial charge is 0.294 e. The van der Waals surface area contributed by atoms with Crippen molar-refractivity contribution in [2.45, 2.75) is 26.7 Å². The lowest BCUT2D eigenvalue weighted by atomic mass is 9.99. The summed E-state index contributed by atoms with van der Waals surface area (Å²) in [5.74, 6) is 0.837. The van der Waals surface area contributed by atoms with E-state index in [4.69, 9.17) is 0 Å². The number of Topliss-reactive ketones (excluding diaryl/α,β-unsaturated/α-hetero) is 1. The second-order valence-corrected chi connectivity index (χ2v) is 4.92. The minimum atomic E-state index is 0.254. The fourth-order valence-electron chi connectivity index (χ4n) is 1.93. The van der Waals surface area contributed by atoms with E-state index in [-0.39, 0.29) is 5.78 Å². The van der Waals surface area contributed by atoms with Gasteiger partial charge in [0.25, 0.3) is 0 Å². The highest BCUT2D eigenvalue weighted by molar-refractivity contribution is 5.99. The first-order valence-electron chi connectivity index (χ1n) is 6.19. The molecule has 0 saturated carbocycles. The van der Waals surface area contributed by atoms with Crippen molar-refractivity contribution in [1.29, 1.82) is 0 Å². The summed E-state index contributed by atoms with van der Waals surface area (Å²) in [5, 5.41) is 2.33. The van der Waals surface area contributed by atoms with E-state index in [0.717, 1.165) is 17.4 Å². The number of fused-ring (bicyclic) bond motifs is 1. The molecule has 1 nitrogen and oxygen atoms in total. The fraction of sp³-hybridized carbons (Fsp3) is 0.312. The molecule has 2 aromatic carbocycles. The van der Waals surface area contributed by atoms with Crippen molar-refractivity contribution in [3.8, 4) is 0 Å². The van der Waals surface area contributed by atoms with Crippen LogP contribution in [0.2, 0.25) is 0 Å². The fourth-order valence-corrected chi connectivity index (χ4v) is 1.93. The van der Waals surface area contributed by atoms with Crippen molar-refractivity contribution in [3.63, 3.8) is 0 Å². The number of ketones is 1. The van der Waals surface area contributed by atoms with Crippen LogP contribution in [0.25, 0.3) is 10.8 Å². The Balaban J connectivity index is 2.21. The molecule has 0 aliphatic carbocycles. The van der Waals surface area contributed by atoms with Crippen LogP contribution in [-0.2, 0) is 0 Å². The van der Waals surface area contributed by atoms with Gasteiger partial charge in [0.1, 0.15) is 0 Å². The van der Waals surface area contributed by atoms with E-state index >= 15 is 0 Å². The monoisotopic (exact) mass is 226 g/mol. The topological polar surface area (TPSA) is 17.1 Å². The van der Waals surface area contributed by atoms with Crippen LogP contribution in [0.15, 0.2) is 42.5 Å². The number of rotatable bonds is 4. The molecule has 0 atom stereocenters. The standard InChI is InChI=1S/C16H18O/c1-12(2)7-10-16(17)15-9-8-13-5-3-4-6-14(13)11-15/h3-6,8-9,11-12H,7,10H2,1-2H3. The smallest absolute Gasteiger partial charge is 0.162 e. The molecule has 0 unspecified atom stereocenters. The summed E-state index contributed by atoms with van der Waals surface area (Å²) in [4.78, 5) is 12.0. The van der Waals surface area contributed by atoms with Crippen LogP contribution in [0.4, 0.5) is 0 Å². The molecule has 0 N–H and O–H groups in total. The van der Waals surface area contributed by atoms with E-state index in [9.17, 15) is 4.79 Å². The summed E-state index contributed by atoms with van der Waals surface area (Å²) >= 11 is 0. The molecular weight excluding hydrogens is 208 g/mol. The van der Waals surface area contributed by atoms with Gasteiger partial charge in [-0.2, -0.15) is 0 Å². The maximum absolute atomic E-state index is 12.0. The second kappa shape index (κ2) is 5.13. The van der Waals surface area contributed by atoms with E-state index in [1.165, 1.54) is 5.39 Å². The Bertz CT molecular complexity index is 526.